The van der Waals surface area contributed by atoms with Crippen LogP contribution in [0.25, 0.3) is 0 Å². The Bertz CT molecular complexity index is 189. The molecule has 0 spiro atoms. The first-order valence-corrected chi connectivity index (χ1v) is 3.56. The van der Waals surface area contributed by atoms with Crippen LogP contribution in [0.1, 0.15) is 0 Å². The lowest BCUT2D eigenvalue weighted by molar-refractivity contribution is 0.368. The Hall–Kier alpha value is -0.490. The van der Waals surface area contributed by atoms with E-state index in [9.17, 15) is 0 Å². The first-order chi connectivity index (χ1) is 4.33. The van der Waals surface area contributed by atoms with E-state index >= 15 is 0 Å². The van der Waals surface area contributed by atoms with E-state index in [1.807, 2.05) is 0 Å². The molecule has 1 aromatic heterocycles. The molecular weight excluding hydrogens is 158 g/mol. The van der Waals surface area contributed by atoms with Crippen LogP contribution in [0.2, 0.25) is 0 Å². The molecule has 0 atom stereocenters. The highest BCUT2D eigenvalue weighted by Gasteiger charge is 1.97. The molecule has 4 nitrogen and oxygen atoms in total. The second kappa shape index (κ2) is 2.88. The van der Waals surface area contributed by atoms with Crippen molar-refractivity contribution < 1.29 is 4.74 Å². The van der Waals surface area contributed by atoms with Crippen molar-refractivity contribution in [3.05, 3.63) is 0 Å². The summed E-state index contributed by atoms with van der Waals surface area (Å²) in [6, 6.07) is 0.299. The highest BCUT2D eigenvalue weighted by Crippen LogP contribution is 2.11. The summed E-state index contributed by atoms with van der Waals surface area (Å²) in [6.45, 7) is 0. The van der Waals surface area contributed by atoms with Crippen molar-refractivity contribution in [3.8, 4) is 6.01 Å². The van der Waals surface area contributed by atoms with Crippen LogP contribution in [0.5, 0.6) is 6.01 Å². The minimum Gasteiger partial charge on any atom is -0.452 e. The molecule has 1 rings (SSSR count). The van der Waals surface area contributed by atoms with Crippen LogP contribution in [0.3, 0.4) is 0 Å². The average Bonchev–Trinajstić information content (AvgIpc) is 2.17. The van der Waals surface area contributed by atoms with E-state index < -0.39 is 0 Å². The van der Waals surface area contributed by atoms with E-state index in [2.05, 4.69) is 22.0 Å². The van der Waals surface area contributed by atoms with E-state index in [1.54, 1.807) is 0 Å². The Balaban J connectivity index is 2.61. The van der Waals surface area contributed by atoms with Crippen LogP contribution < -0.4 is 10.5 Å². The third-order valence-electron chi connectivity index (χ3n) is 0.617. The van der Waals surface area contributed by atoms with E-state index in [-0.39, 0.29) is 5.94 Å². The maximum absolute atomic E-state index is 5.25. The normalized spacial score (nSPS) is 9.44. The van der Waals surface area contributed by atoms with Crippen LogP contribution in [0.4, 0.5) is 5.13 Å². The van der Waals surface area contributed by atoms with Crippen molar-refractivity contribution in [1.82, 2.24) is 9.36 Å². The number of nitrogen functional groups attached to an aromatic ring is 1. The molecular formula is C3H5N3OS2. The van der Waals surface area contributed by atoms with Crippen molar-refractivity contribution >= 4 is 29.3 Å². The molecule has 2 N–H and O–H groups in total. The third-order valence-corrected chi connectivity index (χ3v) is 1.27. The van der Waals surface area contributed by atoms with Gasteiger partial charge >= 0.3 is 6.01 Å². The summed E-state index contributed by atoms with van der Waals surface area (Å²) in [7, 11) is 0. The van der Waals surface area contributed by atoms with E-state index in [0.717, 1.165) is 11.5 Å². The molecule has 9 heavy (non-hydrogen) atoms. The predicted octanol–water partition coefficient (Wildman–Crippen LogP) is 0.386. The summed E-state index contributed by atoms with van der Waals surface area (Å²) >= 11 is 4.90. The van der Waals surface area contributed by atoms with Crippen molar-refractivity contribution in [2.24, 2.45) is 0 Å². The first kappa shape index (κ1) is 6.63. The van der Waals surface area contributed by atoms with E-state index in [0.29, 0.717) is 11.1 Å². The monoisotopic (exact) mass is 163 g/mol. The van der Waals surface area contributed by atoms with Crippen LogP contribution in [-0.4, -0.2) is 15.3 Å². The molecule has 1 heterocycles. The van der Waals surface area contributed by atoms with Gasteiger partial charge in [-0.2, -0.15) is 4.98 Å². The number of thiol groups is 1. The number of aromatic nitrogens is 2. The smallest absolute Gasteiger partial charge is 0.331 e. The number of hydrogen-bond donors (Lipinski definition) is 2. The maximum atomic E-state index is 5.25. The number of anilines is 1. The Labute approximate surface area is 61.6 Å². The number of hydrogen-bond acceptors (Lipinski definition) is 6. The zero-order chi connectivity index (χ0) is 6.69. The Morgan fingerprint density at radius 2 is 2.56 bits per heavy atom. The van der Waals surface area contributed by atoms with Crippen molar-refractivity contribution in [1.29, 1.82) is 0 Å². The first-order valence-electron chi connectivity index (χ1n) is 2.16. The van der Waals surface area contributed by atoms with Gasteiger partial charge < -0.3 is 10.5 Å². The number of nitrogens with zero attached hydrogens (tertiary/aromatic N) is 2. The van der Waals surface area contributed by atoms with E-state index in [4.69, 9.17) is 10.5 Å². The fraction of sp³-hybridized carbons (Fsp3) is 0.333. The summed E-state index contributed by atoms with van der Waals surface area (Å²) in [5.74, 6) is 0.274. The predicted molar refractivity (Wildman–Crippen MR) is 38.8 cm³/mol. The summed E-state index contributed by atoms with van der Waals surface area (Å²) in [6.07, 6.45) is 0. The molecule has 0 bridgehead atoms. The van der Waals surface area contributed by atoms with Crippen molar-refractivity contribution in [2.75, 3.05) is 11.7 Å². The van der Waals surface area contributed by atoms with Gasteiger partial charge in [-0.3, -0.25) is 0 Å². The zero-order valence-corrected chi connectivity index (χ0v) is 6.15. The van der Waals surface area contributed by atoms with Crippen LogP contribution in [0.15, 0.2) is 0 Å². The average molecular weight is 163 g/mol. The van der Waals surface area contributed by atoms with Gasteiger partial charge in [0, 0.05) is 11.5 Å². The zero-order valence-electron chi connectivity index (χ0n) is 4.44. The molecule has 0 aliphatic heterocycles. The van der Waals surface area contributed by atoms with Crippen LogP contribution >= 0.6 is 24.2 Å². The summed E-state index contributed by atoms with van der Waals surface area (Å²) < 4.78 is 8.54. The summed E-state index contributed by atoms with van der Waals surface area (Å²) in [4.78, 5) is 3.71. The van der Waals surface area contributed by atoms with Gasteiger partial charge in [-0.05, 0) is 0 Å². The largest absolute Gasteiger partial charge is 0.452 e. The fourth-order valence-electron chi connectivity index (χ4n) is 0.337. The number of rotatable bonds is 2. The topological polar surface area (TPSA) is 61.0 Å². The molecule has 0 unspecified atom stereocenters. The maximum Gasteiger partial charge on any atom is 0.331 e. The summed E-state index contributed by atoms with van der Waals surface area (Å²) in [5, 5.41) is 0.409. The fourth-order valence-corrected chi connectivity index (χ4v) is 0.837. The molecule has 1 aromatic rings. The Morgan fingerprint density at radius 1 is 1.78 bits per heavy atom. The quantitative estimate of drug-likeness (QED) is 0.489. The molecule has 50 valence electrons. The molecule has 0 fully saturated rings. The molecule has 0 aromatic carbocycles. The second-order valence-electron chi connectivity index (χ2n) is 1.19. The Morgan fingerprint density at radius 3 is 3.00 bits per heavy atom. The third kappa shape index (κ3) is 1.72. The minimum atomic E-state index is 0.274. The highest BCUT2D eigenvalue weighted by molar-refractivity contribution is 7.80. The van der Waals surface area contributed by atoms with Crippen LogP contribution in [0, 0.1) is 0 Å². The molecule has 6 heteroatoms. The van der Waals surface area contributed by atoms with Gasteiger partial charge in [0.2, 0.25) is 5.13 Å². The van der Waals surface area contributed by atoms with Gasteiger partial charge in [-0.15, -0.1) is 17.0 Å². The minimum absolute atomic E-state index is 0.274. The molecule has 0 radical (unpaired) electrons. The van der Waals surface area contributed by atoms with Crippen molar-refractivity contribution in [3.63, 3.8) is 0 Å². The van der Waals surface area contributed by atoms with Crippen molar-refractivity contribution in [2.45, 2.75) is 0 Å². The lowest BCUT2D eigenvalue weighted by Gasteiger charge is -1.90. The SMILES string of the molecule is Nc1nc(OCS)ns1. The van der Waals surface area contributed by atoms with Gasteiger partial charge in [0.1, 0.15) is 5.94 Å². The summed E-state index contributed by atoms with van der Waals surface area (Å²) in [5.41, 5.74) is 5.25. The van der Waals surface area contributed by atoms with Crippen LogP contribution in [-0.2, 0) is 0 Å². The van der Waals surface area contributed by atoms with Gasteiger partial charge in [0.05, 0.1) is 0 Å². The molecule has 0 amide bonds. The molecule has 0 saturated carbocycles. The van der Waals surface area contributed by atoms with Gasteiger partial charge in [0.15, 0.2) is 0 Å². The van der Waals surface area contributed by atoms with Gasteiger partial charge in [-0.1, -0.05) is 0 Å². The second-order valence-corrected chi connectivity index (χ2v) is 2.23. The number of nitrogens with two attached hydrogens (primary N) is 1. The van der Waals surface area contributed by atoms with E-state index in [1.165, 1.54) is 0 Å². The van der Waals surface area contributed by atoms with Gasteiger partial charge in [-0.25, -0.2) is 0 Å². The molecule has 0 aliphatic rings. The van der Waals surface area contributed by atoms with Gasteiger partial charge in [0.25, 0.3) is 0 Å². The molecule has 0 aliphatic carbocycles. The lowest BCUT2D eigenvalue weighted by atomic mass is 11.1. The highest BCUT2D eigenvalue weighted by atomic mass is 32.1. The Kier molecular flexibility index (Phi) is 2.12. The number of ether oxygens (including phenoxy) is 1. The lowest BCUT2D eigenvalue weighted by Crippen LogP contribution is -1.90. The standard InChI is InChI=1S/C3H5N3OS2/c4-2-5-3(6-9-2)7-1-8/h8H,1H2,(H2,4,5,6). The molecule has 0 saturated heterocycles.